The van der Waals surface area contributed by atoms with Crippen LogP contribution in [0.25, 0.3) is 0 Å². The number of thiophene rings is 1. The van der Waals surface area contributed by atoms with Crippen molar-refractivity contribution in [3.8, 4) is 0 Å². The van der Waals surface area contributed by atoms with Crippen LogP contribution in [0.5, 0.6) is 0 Å². The maximum Gasteiger partial charge on any atom is 0.150 e. The molecule has 1 atom stereocenters. The van der Waals surface area contributed by atoms with E-state index in [0.29, 0.717) is 12.2 Å². The predicted octanol–water partition coefficient (Wildman–Crippen LogP) is 2.39. The minimum absolute atomic E-state index is 0.136. The smallest absolute Gasteiger partial charge is 0.150 e. The molecule has 82 valence electrons. The molecule has 1 saturated heterocycles. The lowest BCUT2D eigenvalue weighted by atomic mass is 9.97. The Balaban J connectivity index is 1.76. The SMILES string of the molecule is O=C(CCc1ccsc1)C1CCCCN1. The van der Waals surface area contributed by atoms with Gasteiger partial charge in [-0.15, -0.1) is 0 Å². The predicted molar refractivity (Wildman–Crippen MR) is 63.3 cm³/mol. The number of aryl methyl sites for hydroxylation is 1. The summed E-state index contributed by atoms with van der Waals surface area (Å²) in [6.07, 6.45) is 5.04. The van der Waals surface area contributed by atoms with Crippen LogP contribution in [-0.4, -0.2) is 18.4 Å². The second-order valence-corrected chi connectivity index (χ2v) is 4.88. The highest BCUT2D eigenvalue weighted by Gasteiger charge is 2.19. The second-order valence-electron chi connectivity index (χ2n) is 4.10. The van der Waals surface area contributed by atoms with E-state index in [-0.39, 0.29) is 6.04 Å². The lowest BCUT2D eigenvalue weighted by Crippen LogP contribution is -2.40. The van der Waals surface area contributed by atoms with E-state index in [9.17, 15) is 4.79 Å². The van der Waals surface area contributed by atoms with Gasteiger partial charge in [0, 0.05) is 6.42 Å². The highest BCUT2D eigenvalue weighted by Crippen LogP contribution is 2.13. The van der Waals surface area contributed by atoms with Crippen molar-refractivity contribution in [3.63, 3.8) is 0 Å². The lowest BCUT2D eigenvalue weighted by Gasteiger charge is -2.21. The molecule has 2 rings (SSSR count). The molecule has 0 amide bonds. The number of hydrogen-bond acceptors (Lipinski definition) is 3. The molecule has 15 heavy (non-hydrogen) atoms. The zero-order chi connectivity index (χ0) is 10.5. The highest BCUT2D eigenvalue weighted by atomic mass is 32.1. The molecule has 0 bridgehead atoms. The molecule has 0 radical (unpaired) electrons. The van der Waals surface area contributed by atoms with E-state index in [1.54, 1.807) is 11.3 Å². The molecule has 1 N–H and O–H groups in total. The molecule has 3 heteroatoms. The highest BCUT2D eigenvalue weighted by molar-refractivity contribution is 7.07. The Morgan fingerprint density at radius 3 is 3.13 bits per heavy atom. The summed E-state index contributed by atoms with van der Waals surface area (Å²) in [4.78, 5) is 11.8. The molecule has 0 aliphatic carbocycles. The van der Waals surface area contributed by atoms with Crippen molar-refractivity contribution >= 4 is 17.1 Å². The van der Waals surface area contributed by atoms with Crippen LogP contribution in [0.3, 0.4) is 0 Å². The van der Waals surface area contributed by atoms with Gasteiger partial charge in [0.2, 0.25) is 0 Å². The van der Waals surface area contributed by atoms with Gasteiger partial charge in [-0.1, -0.05) is 6.42 Å². The average molecular weight is 223 g/mol. The molecule has 1 unspecified atom stereocenters. The summed E-state index contributed by atoms with van der Waals surface area (Å²) in [6.45, 7) is 1.01. The minimum atomic E-state index is 0.136. The molecule has 0 spiro atoms. The molecule has 1 aromatic heterocycles. The van der Waals surface area contributed by atoms with Gasteiger partial charge in [0.1, 0.15) is 5.78 Å². The van der Waals surface area contributed by atoms with Crippen molar-refractivity contribution in [1.29, 1.82) is 0 Å². The molecule has 1 aliphatic rings. The number of piperidine rings is 1. The van der Waals surface area contributed by atoms with Gasteiger partial charge in [0.15, 0.2) is 0 Å². The summed E-state index contributed by atoms with van der Waals surface area (Å²) in [7, 11) is 0. The first-order chi connectivity index (χ1) is 7.36. The number of hydrogen-bond donors (Lipinski definition) is 1. The molecular formula is C12H17NOS. The van der Waals surface area contributed by atoms with Crippen LogP contribution < -0.4 is 5.32 Å². The number of Topliss-reactive ketones (excluding diaryl/α,β-unsaturated/α-hetero) is 1. The summed E-state index contributed by atoms with van der Waals surface area (Å²) >= 11 is 1.70. The Bertz CT molecular complexity index is 301. The van der Waals surface area contributed by atoms with Gasteiger partial charge < -0.3 is 5.32 Å². The van der Waals surface area contributed by atoms with Crippen molar-refractivity contribution in [2.24, 2.45) is 0 Å². The van der Waals surface area contributed by atoms with Crippen molar-refractivity contribution in [2.75, 3.05) is 6.54 Å². The largest absolute Gasteiger partial charge is 0.307 e. The molecule has 2 nitrogen and oxygen atoms in total. The summed E-state index contributed by atoms with van der Waals surface area (Å²) in [5, 5.41) is 7.50. The number of rotatable bonds is 4. The summed E-state index contributed by atoms with van der Waals surface area (Å²) < 4.78 is 0. The van der Waals surface area contributed by atoms with Gasteiger partial charge in [-0.3, -0.25) is 4.79 Å². The number of ketones is 1. The van der Waals surface area contributed by atoms with Gasteiger partial charge in [0.25, 0.3) is 0 Å². The number of nitrogens with one attached hydrogen (secondary N) is 1. The molecule has 1 fully saturated rings. The van der Waals surface area contributed by atoms with Crippen LogP contribution in [0.2, 0.25) is 0 Å². The molecule has 0 saturated carbocycles. The van der Waals surface area contributed by atoms with E-state index in [1.807, 2.05) is 0 Å². The number of carbonyl (C=O) groups is 1. The zero-order valence-electron chi connectivity index (χ0n) is 8.87. The maximum atomic E-state index is 11.8. The standard InChI is InChI=1S/C12H17NOS/c14-12(11-3-1-2-7-13-11)5-4-10-6-8-15-9-10/h6,8-9,11,13H,1-5,7H2. The Morgan fingerprint density at radius 2 is 2.47 bits per heavy atom. The van der Waals surface area contributed by atoms with E-state index < -0.39 is 0 Å². The van der Waals surface area contributed by atoms with E-state index in [0.717, 1.165) is 19.4 Å². The van der Waals surface area contributed by atoms with E-state index in [1.165, 1.54) is 18.4 Å². The Labute approximate surface area is 94.7 Å². The first kappa shape index (κ1) is 10.8. The van der Waals surface area contributed by atoms with Crippen LogP contribution in [0.15, 0.2) is 16.8 Å². The average Bonchev–Trinajstić information content (AvgIpc) is 2.80. The van der Waals surface area contributed by atoms with Crippen molar-refractivity contribution in [2.45, 2.75) is 38.1 Å². The molecule has 1 aliphatic heterocycles. The second kappa shape index (κ2) is 5.42. The fourth-order valence-corrected chi connectivity index (χ4v) is 2.71. The summed E-state index contributed by atoms with van der Waals surface area (Å²) in [6, 6.07) is 2.24. The van der Waals surface area contributed by atoms with Gasteiger partial charge in [-0.2, -0.15) is 11.3 Å². The van der Waals surface area contributed by atoms with Gasteiger partial charge in [-0.25, -0.2) is 0 Å². The first-order valence-electron chi connectivity index (χ1n) is 5.63. The van der Waals surface area contributed by atoms with Gasteiger partial charge in [-0.05, 0) is 48.2 Å². The quantitative estimate of drug-likeness (QED) is 0.849. The fraction of sp³-hybridized carbons (Fsp3) is 0.583. The van der Waals surface area contributed by atoms with Crippen LogP contribution >= 0.6 is 11.3 Å². The first-order valence-corrected chi connectivity index (χ1v) is 6.58. The third kappa shape index (κ3) is 3.14. The van der Waals surface area contributed by atoms with Crippen molar-refractivity contribution < 1.29 is 4.79 Å². The molecule has 0 aromatic carbocycles. The zero-order valence-corrected chi connectivity index (χ0v) is 9.69. The van der Waals surface area contributed by atoms with Crippen LogP contribution in [0, 0.1) is 0 Å². The molecular weight excluding hydrogens is 206 g/mol. The van der Waals surface area contributed by atoms with E-state index in [2.05, 4.69) is 22.1 Å². The van der Waals surface area contributed by atoms with Crippen LogP contribution in [0.4, 0.5) is 0 Å². The van der Waals surface area contributed by atoms with Crippen LogP contribution in [0.1, 0.15) is 31.2 Å². The lowest BCUT2D eigenvalue weighted by molar-refractivity contribution is -0.121. The maximum absolute atomic E-state index is 11.8. The normalized spacial score (nSPS) is 21.5. The van der Waals surface area contributed by atoms with Crippen molar-refractivity contribution in [3.05, 3.63) is 22.4 Å². The Kier molecular flexibility index (Phi) is 3.92. The van der Waals surface area contributed by atoms with Gasteiger partial charge >= 0.3 is 0 Å². The molecule has 1 aromatic rings. The fourth-order valence-electron chi connectivity index (χ4n) is 2.00. The summed E-state index contributed by atoms with van der Waals surface area (Å²) in [5.41, 5.74) is 1.30. The minimum Gasteiger partial charge on any atom is -0.307 e. The van der Waals surface area contributed by atoms with Crippen molar-refractivity contribution in [1.82, 2.24) is 5.32 Å². The van der Waals surface area contributed by atoms with E-state index >= 15 is 0 Å². The van der Waals surface area contributed by atoms with Gasteiger partial charge in [0.05, 0.1) is 6.04 Å². The summed E-state index contributed by atoms with van der Waals surface area (Å²) in [5.74, 6) is 0.390. The Morgan fingerprint density at radius 1 is 1.53 bits per heavy atom. The Hall–Kier alpha value is -0.670. The topological polar surface area (TPSA) is 29.1 Å². The van der Waals surface area contributed by atoms with Crippen LogP contribution in [-0.2, 0) is 11.2 Å². The molecule has 2 heterocycles. The third-order valence-corrected chi connectivity index (χ3v) is 3.67. The number of carbonyl (C=O) groups excluding carboxylic acids is 1. The monoisotopic (exact) mass is 223 g/mol. The third-order valence-electron chi connectivity index (χ3n) is 2.94. The van der Waals surface area contributed by atoms with E-state index in [4.69, 9.17) is 0 Å².